The molecule has 0 spiro atoms. The van der Waals surface area contributed by atoms with Crippen molar-refractivity contribution in [1.82, 2.24) is 4.90 Å². The lowest BCUT2D eigenvalue weighted by Crippen LogP contribution is -2.81. The third kappa shape index (κ3) is 6.21. The SMILES string of the molecule is CC(=O)OC12COC1CC(O)C1(C)C(=O)C(O)C3=C(C)C(OC(=O)C(O)C(c4ccccc4)N4C(=O)OC(C)(C)C4=O)CC(O)(C(OC(=O)c4ccccc4)C21)C3(C)C. The van der Waals surface area contributed by atoms with E-state index in [9.17, 15) is 49.2 Å². The van der Waals surface area contributed by atoms with E-state index in [-0.39, 0.29) is 35.3 Å². The summed E-state index contributed by atoms with van der Waals surface area (Å²) in [5, 5.41) is 49.3. The highest BCUT2D eigenvalue weighted by Gasteiger charge is 2.78. The zero-order valence-electron chi connectivity index (χ0n) is 33.7. The van der Waals surface area contributed by atoms with E-state index in [0.29, 0.717) is 4.90 Å². The molecule has 2 saturated heterocycles. The Balaban J connectivity index is 1.37. The minimum Gasteiger partial charge on any atom is -0.456 e. The van der Waals surface area contributed by atoms with Crippen LogP contribution in [-0.2, 0) is 42.9 Å². The van der Waals surface area contributed by atoms with Gasteiger partial charge in [-0.25, -0.2) is 19.3 Å². The van der Waals surface area contributed by atoms with Crippen molar-refractivity contribution in [3.05, 3.63) is 82.9 Å². The lowest BCUT2D eigenvalue weighted by atomic mass is 9.44. The fraction of sp³-hybridized carbons (Fsp3) is 0.535. The summed E-state index contributed by atoms with van der Waals surface area (Å²) in [5.74, 6) is -6.42. The van der Waals surface area contributed by atoms with Crippen molar-refractivity contribution in [2.24, 2.45) is 16.7 Å². The number of nitrogens with zero attached hydrogens (tertiary/aromatic N) is 1. The van der Waals surface area contributed by atoms with Crippen molar-refractivity contribution in [2.75, 3.05) is 6.61 Å². The van der Waals surface area contributed by atoms with Gasteiger partial charge >= 0.3 is 24.0 Å². The zero-order chi connectivity index (χ0) is 43.2. The molecule has 4 fully saturated rings. The van der Waals surface area contributed by atoms with Gasteiger partial charge in [-0.05, 0) is 56.5 Å². The highest BCUT2D eigenvalue weighted by Crippen LogP contribution is 2.64. The predicted octanol–water partition coefficient (Wildman–Crippen LogP) is 2.49. The fourth-order valence-corrected chi connectivity index (χ4v) is 10.2. The molecular weight excluding hydrogens is 770 g/mol. The van der Waals surface area contributed by atoms with Crippen LogP contribution >= 0.6 is 0 Å². The minimum absolute atomic E-state index is 0.0577. The number of rotatable bonds is 8. The first-order chi connectivity index (χ1) is 27.5. The Hall–Kier alpha value is -5.00. The summed E-state index contributed by atoms with van der Waals surface area (Å²) in [4.78, 5) is 83.4. The number of hydrogen-bond acceptors (Lipinski definition) is 15. The maximum atomic E-state index is 15.0. The number of amides is 2. The summed E-state index contributed by atoms with van der Waals surface area (Å²) in [6.45, 7) is 9.42. The number of carbonyl (C=O) groups excluding carboxylic acids is 6. The average molecular weight is 820 g/mol. The van der Waals surface area contributed by atoms with E-state index in [4.69, 9.17) is 23.7 Å². The number of carbonyl (C=O) groups is 6. The molecule has 11 atom stereocenters. The standard InChI is InChI=1S/C43H49NO15/c1-21-25(56-36(51)31(48)29(23-14-10-8-11-15-23)44-37(52)40(5,6)59-38(44)53)19-43(54)34(57-35(50)24-16-12-9-13-17-24)32-41(7,33(49)30(47)28(21)39(43,3)4)26(46)18-27-42(32,20-55-27)58-22(2)45/h8-17,25-27,29-32,34,46-48,54H,18-20H2,1-7H3. The van der Waals surface area contributed by atoms with Crippen molar-refractivity contribution in [3.8, 4) is 0 Å². The maximum absolute atomic E-state index is 15.0. The van der Waals surface area contributed by atoms with Gasteiger partial charge in [0.1, 0.15) is 36.1 Å². The van der Waals surface area contributed by atoms with E-state index in [1.54, 1.807) is 36.4 Å². The fourth-order valence-electron chi connectivity index (χ4n) is 10.2. The van der Waals surface area contributed by atoms with Crippen LogP contribution < -0.4 is 0 Å². The first-order valence-electron chi connectivity index (χ1n) is 19.5. The monoisotopic (exact) mass is 819 g/mol. The number of fused-ring (bicyclic) bond motifs is 5. The van der Waals surface area contributed by atoms with Gasteiger partial charge < -0.3 is 44.1 Å². The van der Waals surface area contributed by atoms with E-state index in [2.05, 4.69) is 0 Å². The molecule has 3 aliphatic carbocycles. The molecule has 11 unspecified atom stereocenters. The van der Waals surface area contributed by atoms with Gasteiger partial charge in [0.2, 0.25) is 0 Å². The number of esters is 3. The Morgan fingerprint density at radius 1 is 0.915 bits per heavy atom. The number of imide groups is 1. The molecule has 4 N–H and O–H groups in total. The molecule has 16 nitrogen and oxygen atoms in total. The maximum Gasteiger partial charge on any atom is 0.418 e. The molecule has 2 aliphatic heterocycles. The van der Waals surface area contributed by atoms with Gasteiger partial charge in [0.05, 0.1) is 29.6 Å². The second-order valence-corrected chi connectivity index (χ2v) is 17.4. The number of aliphatic hydroxyl groups excluding tert-OH is 3. The van der Waals surface area contributed by atoms with Gasteiger partial charge in [-0.1, -0.05) is 62.4 Å². The summed E-state index contributed by atoms with van der Waals surface area (Å²) in [5.41, 5.74) is -9.27. The van der Waals surface area contributed by atoms with Gasteiger partial charge in [-0.2, -0.15) is 0 Å². The van der Waals surface area contributed by atoms with Crippen molar-refractivity contribution >= 4 is 35.7 Å². The van der Waals surface area contributed by atoms with Gasteiger partial charge in [-0.15, -0.1) is 0 Å². The van der Waals surface area contributed by atoms with E-state index in [0.717, 1.165) is 6.92 Å². The third-order valence-corrected chi connectivity index (χ3v) is 13.4. The molecule has 0 aromatic heterocycles. The second kappa shape index (κ2) is 14.3. The van der Waals surface area contributed by atoms with Crippen molar-refractivity contribution < 1.29 is 72.9 Å². The van der Waals surface area contributed by atoms with Gasteiger partial charge in [0.15, 0.2) is 23.1 Å². The van der Waals surface area contributed by atoms with Crippen molar-refractivity contribution in [2.45, 2.75) is 121 Å². The molecule has 59 heavy (non-hydrogen) atoms. The van der Waals surface area contributed by atoms with Crippen LogP contribution in [0, 0.1) is 16.7 Å². The summed E-state index contributed by atoms with van der Waals surface area (Å²) in [7, 11) is 0. The van der Waals surface area contributed by atoms with Crippen LogP contribution in [-0.4, -0.2) is 121 Å². The molecule has 16 heteroatoms. The van der Waals surface area contributed by atoms with E-state index < -0.39 is 118 Å². The molecule has 2 bridgehead atoms. The Labute approximate surface area is 340 Å². The first kappa shape index (κ1) is 42.1. The predicted molar refractivity (Wildman–Crippen MR) is 202 cm³/mol. The summed E-state index contributed by atoms with van der Waals surface area (Å²) in [6.07, 6.45) is -12.1. The Kier molecular flexibility index (Phi) is 10.2. The lowest BCUT2D eigenvalue weighted by molar-refractivity contribution is -0.346. The van der Waals surface area contributed by atoms with Crippen LogP contribution in [0.5, 0.6) is 0 Å². The second-order valence-electron chi connectivity index (χ2n) is 17.4. The van der Waals surface area contributed by atoms with Crippen LogP contribution in [0.1, 0.15) is 83.3 Å². The van der Waals surface area contributed by atoms with Crippen molar-refractivity contribution in [1.29, 1.82) is 0 Å². The highest BCUT2D eigenvalue weighted by atomic mass is 16.6. The molecule has 0 radical (unpaired) electrons. The number of cyclic esters (lactones) is 1. The van der Waals surface area contributed by atoms with Gasteiger partial charge in [0.25, 0.3) is 5.91 Å². The number of benzene rings is 2. The Morgan fingerprint density at radius 2 is 1.53 bits per heavy atom. The van der Waals surface area contributed by atoms with Crippen LogP contribution in [0.2, 0.25) is 0 Å². The molecule has 2 aromatic carbocycles. The highest BCUT2D eigenvalue weighted by molar-refractivity contribution is 6.03. The van der Waals surface area contributed by atoms with Crippen molar-refractivity contribution in [3.63, 3.8) is 0 Å². The quantitative estimate of drug-likeness (QED) is 0.170. The molecule has 5 aliphatic rings. The third-order valence-electron chi connectivity index (χ3n) is 13.4. The minimum atomic E-state index is -2.41. The molecule has 2 heterocycles. The smallest absolute Gasteiger partial charge is 0.418 e. The molecule has 7 rings (SSSR count). The molecule has 316 valence electrons. The Morgan fingerprint density at radius 3 is 2.07 bits per heavy atom. The number of ketones is 1. The molecule has 2 aromatic rings. The average Bonchev–Trinajstić information content (AvgIpc) is 3.38. The Bertz CT molecular complexity index is 2120. The largest absolute Gasteiger partial charge is 0.456 e. The van der Waals surface area contributed by atoms with Crippen LogP contribution in [0.25, 0.3) is 0 Å². The first-order valence-corrected chi connectivity index (χ1v) is 19.5. The molecule has 2 saturated carbocycles. The number of aliphatic hydroxyl groups is 4. The normalized spacial score (nSPS) is 35.4. The van der Waals surface area contributed by atoms with Gasteiger partial charge in [0, 0.05) is 25.2 Å². The molecule has 2 amide bonds. The lowest BCUT2D eigenvalue weighted by Gasteiger charge is -2.67. The molecular formula is C43H49NO15. The number of Topliss-reactive ketones (excluding diaryl/α,β-unsaturated/α-hetero) is 1. The van der Waals surface area contributed by atoms with Crippen LogP contribution in [0.3, 0.4) is 0 Å². The summed E-state index contributed by atoms with van der Waals surface area (Å²) < 4.78 is 29.4. The summed E-state index contributed by atoms with van der Waals surface area (Å²) in [6, 6.07) is 13.9. The van der Waals surface area contributed by atoms with Gasteiger partial charge in [-0.3, -0.25) is 14.4 Å². The van der Waals surface area contributed by atoms with E-state index >= 15 is 0 Å². The zero-order valence-corrected chi connectivity index (χ0v) is 33.7. The van der Waals surface area contributed by atoms with E-state index in [1.165, 1.54) is 65.8 Å². The number of hydrogen-bond donors (Lipinski definition) is 4. The van der Waals surface area contributed by atoms with E-state index in [1.807, 2.05) is 0 Å². The summed E-state index contributed by atoms with van der Waals surface area (Å²) >= 11 is 0. The van der Waals surface area contributed by atoms with Crippen LogP contribution in [0.4, 0.5) is 4.79 Å². The number of ether oxygens (including phenoxy) is 5. The van der Waals surface area contributed by atoms with Crippen LogP contribution in [0.15, 0.2) is 71.8 Å². The topological polar surface area (TPSA) is 233 Å².